The summed E-state index contributed by atoms with van der Waals surface area (Å²) in [5.41, 5.74) is 2.15. The average Bonchev–Trinajstić information content (AvgIpc) is 2.57. The van der Waals surface area contributed by atoms with E-state index in [4.69, 9.17) is 0 Å². The van der Waals surface area contributed by atoms with Gasteiger partial charge in [0.2, 0.25) is 0 Å². The first-order valence-corrected chi connectivity index (χ1v) is 5.73. The molecule has 1 aliphatic heterocycles. The molecule has 0 unspecified atom stereocenters. The van der Waals surface area contributed by atoms with Crippen LogP contribution in [0.2, 0.25) is 0 Å². The number of carbonyl (C=O) groups is 2. The predicted molar refractivity (Wildman–Crippen MR) is 63.6 cm³/mol. The van der Waals surface area contributed by atoms with Crippen molar-refractivity contribution in [3.8, 4) is 0 Å². The highest BCUT2D eigenvalue weighted by Gasteiger charge is 2.34. The van der Waals surface area contributed by atoms with E-state index in [1.165, 1.54) is 5.56 Å². The lowest BCUT2D eigenvalue weighted by Crippen LogP contribution is -2.11. The number of benzene rings is 1. The molecule has 0 aromatic heterocycles. The van der Waals surface area contributed by atoms with E-state index in [9.17, 15) is 9.59 Å². The number of cyclic esters (lactones) is 2. The highest BCUT2D eigenvalue weighted by molar-refractivity contribution is 5.97. The molecular formula is C14H16O3. The average molecular weight is 232 g/mol. The molecule has 1 aromatic carbocycles. The summed E-state index contributed by atoms with van der Waals surface area (Å²) < 4.78 is 4.55. The normalized spacial score (nSPS) is 20.5. The second-order valence-corrected chi connectivity index (χ2v) is 5.42. The van der Waals surface area contributed by atoms with Gasteiger partial charge in [0.15, 0.2) is 0 Å². The number of hydrogen-bond donors (Lipinski definition) is 0. The van der Waals surface area contributed by atoms with Gasteiger partial charge in [0.05, 0.1) is 12.3 Å². The Morgan fingerprint density at radius 1 is 1.12 bits per heavy atom. The van der Waals surface area contributed by atoms with Gasteiger partial charge in [0.25, 0.3) is 0 Å². The summed E-state index contributed by atoms with van der Waals surface area (Å²) in [4.78, 5) is 22.4. The maximum absolute atomic E-state index is 11.4. The molecule has 0 amide bonds. The zero-order valence-electron chi connectivity index (χ0n) is 10.3. The van der Waals surface area contributed by atoms with Crippen LogP contribution in [0.1, 0.15) is 44.2 Å². The molecule has 1 heterocycles. The summed E-state index contributed by atoms with van der Waals surface area (Å²) in [7, 11) is 0. The van der Waals surface area contributed by atoms with Gasteiger partial charge in [-0.2, -0.15) is 0 Å². The Balaban J connectivity index is 2.24. The minimum absolute atomic E-state index is 0.0878. The molecule has 1 aliphatic rings. The van der Waals surface area contributed by atoms with Gasteiger partial charge in [0, 0.05) is 0 Å². The maximum atomic E-state index is 11.4. The Hall–Kier alpha value is -1.64. The second kappa shape index (κ2) is 3.99. The van der Waals surface area contributed by atoms with Gasteiger partial charge >= 0.3 is 11.9 Å². The van der Waals surface area contributed by atoms with Gasteiger partial charge in [-0.05, 0) is 16.5 Å². The molecule has 1 aromatic rings. The first-order chi connectivity index (χ1) is 7.88. The van der Waals surface area contributed by atoms with Gasteiger partial charge < -0.3 is 4.74 Å². The fourth-order valence-electron chi connectivity index (χ4n) is 1.94. The first kappa shape index (κ1) is 11.8. The summed E-state index contributed by atoms with van der Waals surface area (Å²) in [6, 6.07) is 7.83. The minimum Gasteiger partial charge on any atom is -0.393 e. The first-order valence-electron chi connectivity index (χ1n) is 5.73. The van der Waals surface area contributed by atoms with Crippen LogP contribution in [0.25, 0.3) is 0 Å². The smallest absolute Gasteiger partial charge is 0.321 e. The SMILES string of the molecule is CC(C)(C)c1ccc([C@@H]2CC(=O)OC2=O)cc1. The molecule has 3 nitrogen and oxygen atoms in total. The number of hydrogen-bond acceptors (Lipinski definition) is 3. The van der Waals surface area contributed by atoms with Crippen LogP contribution in [-0.2, 0) is 19.7 Å². The third-order valence-electron chi connectivity index (χ3n) is 3.05. The molecule has 0 radical (unpaired) electrons. The number of rotatable bonds is 1. The number of carbonyl (C=O) groups excluding carboxylic acids is 2. The van der Waals surface area contributed by atoms with Gasteiger partial charge in [-0.3, -0.25) is 9.59 Å². The third kappa shape index (κ3) is 2.38. The van der Waals surface area contributed by atoms with Crippen LogP contribution < -0.4 is 0 Å². The topological polar surface area (TPSA) is 43.4 Å². The van der Waals surface area contributed by atoms with Crippen LogP contribution in [0.5, 0.6) is 0 Å². The van der Waals surface area contributed by atoms with Crippen molar-refractivity contribution in [1.29, 1.82) is 0 Å². The molecule has 0 N–H and O–H groups in total. The highest BCUT2D eigenvalue weighted by atomic mass is 16.6. The zero-order valence-corrected chi connectivity index (χ0v) is 10.3. The van der Waals surface area contributed by atoms with Crippen LogP contribution in [0.3, 0.4) is 0 Å². The molecule has 1 saturated heterocycles. The highest BCUT2D eigenvalue weighted by Crippen LogP contribution is 2.29. The molecule has 17 heavy (non-hydrogen) atoms. The standard InChI is InChI=1S/C14H16O3/c1-14(2,3)10-6-4-9(5-7-10)11-8-12(15)17-13(11)16/h4-7,11H,8H2,1-3H3/t11-/m0/s1. The van der Waals surface area contributed by atoms with E-state index < -0.39 is 17.9 Å². The summed E-state index contributed by atoms with van der Waals surface area (Å²) in [6.45, 7) is 6.40. The van der Waals surface area contributed by atoms with E-state index >= 15 is 0 Å². The molecule has 0 aliphatic carbocycles. The summed E-state index contributed by atoms with van der Waals surface area (Å²) in [5, 5.41) is 0. The molecule has 0 bridgehead atoms. The zero-order chi connectivity index (χ0) is 12.6. The maximum Gasteiger partial charge on any atom is 0.321 e. The van der Waals surface area contributed by atoms with Crippen LogP contribution in [0.15, 0.2) is 24.3 Å². The molecule has 1 fully saturated rings. The Bertz CT molecular complexity index is 451. The Morgan fingerprint density at radius 2 is 1.71 bits per heavy atom. The van der Waals surface area contributed by atoms with E-state index in [1.54, 1.807) is 0 Å². The van der Waals surface area contributed by atoms with Crippen molar-refractivity contribution in [3.05, 3.63) is 35.4 Å². The van der Waals surface area contributed by atoms with Crippen molar-refractivity contribution in [2.45, 2.75) is 38.5 Å². The summed E-state index contributed by atoms with van der Waals surface area (Å²) in [6.07, 6.45) is 0.160. The van der Waals surface area contributed by atoms with Crippen LogP contribution in [0.4, 0.5) is 0 Å². The van der Waals surface area contributed by atoms with E-state index in [-0.39, 0.29) is 11.8 Å². The van der Waals surface area contributed by atoms with E-state index in [2.05, 4.69) is 25.5 Å². The molecule has 90 valence electrons. The molecule has 2 rings (SSSR count). The van der Waals surface area contributed by atoms with Crippen molar-refractivity contribution >= 4 is 11.9 Å². The number of esters is 2. The summed E-state index contributed by atoms with van der Waals surface area (Å²) in [5.74, 6) is -1.28. The molecule has 0 spiro atoms. The van der Waals surface area contributed by atoms with E-state index in [0.29, 0.717) is 0 Å². The van der Waals surface area contributed by atoms with Crippen molar-refractivity contribution in [1.82, 2.24) is 0 Å². The molecule has 0 saturated carbocycles. The van der Waals surface area contributed by atoms with Crippen molar-refractivity contribution < 1.29 is 14.3 Å². The molecule has 1 atom stereocenters. The third-order valence-corrected chi connectivity index (χ3v) is 3.05. The van der Waals surface area contributed by atoms with Gasteiger partial charge in [0.1, 0.15) is 0 Å². The molecule has 3 heteroatoms. The predicted octanol–water partition coefficient (Wildman–Crippen LogP) is 2.54. The number of ether oxygens (including phenoxy) is 1. The molecular weight excluding hydrogens is 216 g/mol. The largest absolute Gasteiger partial charge is 0.393 e. The van der Waals surface area contributed by atoms with Gasteiger partial charge in [-0.25, -0.2) is 0 Å². The second-order valence-electron chi connectivity index (χ2n) is 5.42. The fourth-order valence-corrected chi connectivity index (χ4v) is 1.94. The fraction of sp³-hybridized carbons (Fsp3) is 0.429. The van der Waals surface area contributed by atoms with Gasteiger partial charge in [-0.15, -0.1) is 0 Å². The lowest BCUT2D eigenvalue weighted by atomic mass is 9.85. The lowest BCUT2D eigenvalue weighted by Gasteiger charge is -2.19. The van der Waals surface area contributed by atoms with Crippen LogP contribution in [0, 0.1) is 0 Å². The van der Waals surface area contributed by atoms with Crippen molar-refractivity contribution in [2.24, 2.45) is 0 Å². The Kier molecular flexibility index (Phi) is 2.77. The van der Waals surface area contributed by atoms with Gasteiger partial charge in [-0.1, -0.05) is 45.0 Å². The Morgan fingerprint density at radius 3 is 2.12 bits per heavy atom. The van der Waals surface area contributed by atoms with Crippen molar-refractivity contribution in [2.75, 3.05) is 0 Å². The quantitative estimate of drug-likeness (QED) is 0.552. The Labute approximate surface area is 101 Å². The lowest BCUT2D eigenvalue weighted by molar-refractivity contribution is -0.152. The van der Waals surface area contributed by atoms with E-state index in [0.717, 1.165) is 5.56 Å². The van der Waals surface area contributed by atoms with Crippen LogP contribution in [-0.4, -0.2) is 11.9 Å². The summed E-state index contributed by atoms with van der Waals surface area (Å²) >= 11 is 0. The minimum atomic E-state index is -0.432. The van der Waals surface area contributed by atoms with E-state index in [1.807, 2.05) is 24.3 Å². The van der Waals surface area contributed by atoms with Crippen molar-refractivity contribution in [3.63, 3.8) is 0 Å². The monoisotopic (exact) mass is 232 g/mol. The van der Waals surface area contributed by atoms with Crippen LogP contribution >= 0.6 is 0 Å².